The minimum Gasteiger partial charge on any atom is -0.463 e. The lowest BCUT2D eigenvalue weighted by atomic mass is 9.93. The van der Waals surface area contributed by atoms with Crippen molar-refractivity contribution >= 4 is 51.7 Å². The van der Waals surface area contributed by atoms with Crippen molar-refractivity contribution in [3.8, 4) is 0 Å². The molecule has 0 radical (unpaired) electrons. The molecule has 3 aromatic carbocycles. The first kappa shape index (κ1) is 28.7. The van der Waals surface area contributed by atoms with Crippen molar-refractivity contribution in [2.75, 3.05) is 12.9 Å². The number of aromatic nitrogens is 2. The third-order valence-electron chi connectivity index (χ3n) is 7.67. The smallest absolute Gasteiger partial charge is 0.338 e. The molecule has 216 valence electrons. The number of allylic oxidation sites excluding steroid dienone is 1. The van der Waals surface area contributed by atoms with E-state index in [4.69, 9.17) is 9.73 Å². The Morgan fingerprint density at radius 1 is 1.07 bits per heavy atom. The van der Waals surface area contributed by atoms with Crippen LogP contribution < -0.4 is 14.9 Å². The summed E-state index contributed by atoms with van der Waals surface area (Å²) in [5, 5.41) is 1.06. The van der Waals surface area contributed by atoms with Crippen molar-refractivity contribution in [1.29, 1.82) is 0 Å². The van der Waals surface area contributed by atoms with Gasteiger partial charge in [-0.15, -0.1) is 18.3 Å². The van der Waals surface area contributed by atoms with E-state index in [1.54, 1.807) is 23.3 Å². The van der Waals surface area contributed by atoms with Crippen LogP contribution in [0.3, 0.4) is 0 Å². The Balaban J connectivity index is 1.66. The standard InChI is InChI=1S/C35H31N3O3S2/c1-5-20-37-22(3)27(26-14-10-11-15-28(26)37)21-29-33(39)38-32(24-16-18-25(42-4)19-17-24)30(34(40)41-6-2)31(36-35(38)43-29)23-12-8-7-9-13-23/h5,7-19,21,32H,1,6,20H2,2-4H3/b29-21+. The van der Waals surface area contributed by atoms with E-state index in [1.807, 2.05) is 85.1 Å². The van der Waals surface area contributed by atoms with E-state index in [2.05, 4.69) is 30.2 Å². The summed E-state index contributed by atoms with van der Waals surface area (Å²) in [5.74, 6) is -0.485. The maximum Gasteiger partial charge on any atom is 0.338 e. The van der Waals surface area contributed by atoms with Gasteiger partial charge in [0.2, 0.25) is 0 Å². The molecule has 0 aliphatic carbocycles. The lowest BCUT2D eigenvalue weighted by molar-refractivity contribution is -0.138. The SMILES string of the molecule is C=CCn1c(C)c(/C=c2/sc3n(c2=O)C(c2ccc(SC)cc2)C(C(=O)OCC)=C(c2ccccc2)N=3)c2ccccc21. The highest BCUT2D eigenvalue weighted by atomic mass is 32.2. The van der Waals surface area contributed by atoms with Crippen LogP contribution >= 0.6 is 23.1 Å². The second kappa shape index (κ2) is 12.1. The molecule has 0 spiro atoms. The highest BCUT2D eigenvalue weighted by Crippen LogP contribution is 2.36. The zero-order chi connectivity index (χ0) is 30.1. The summed E-state index contributed by atoms with van der Waals surface area (Å²) in [5.41, 5.74) is 5.39. The number of rotatable bonds is 8. The van der Waals surface area contributed by atoms with Gasteiger partial charge in [0, 0.05) is 39.2 Å². The zero-order valence-corrected chi connectivity index (χ0v) is 25.9. The minimum absolute atomic E-state index is 0.198. The van der Waals surface area contributed by atoms with Crippen LogP contribution in [0.1, 0.15) is 35.3 Å². The van der Waals surface area contributed by atoms with E-state index in [1.165, 1.54) is 11.3 Å². The van der Waals surface area contributed by atoms with E-state index in [0.717, 1.165) is 38.2 Å². The Morgan fingerprint density at radius 2 is 1.79 bits per heavy atom. The Morgan fingerprint density at radius 3 is 2.49 bits per heavy atom. The summed E-state index contributed by atoms with van der Waals surface area (Å²) in [7, 11) is 0. The topological polar surface area (TPSA) is 65.6 Å². The predicted octanol–water partition coefficient (Wildman–Crippen LogP) is 6.11. The molecule has 6 rings (SSSR count). The molecule has 0 amide bonds. The second-order valence-electron chi connectivity index (χ2n) is 10.1. The van der Waals surface area contributed by atoms with Crippen LogP contribution in [0.5, 0.6) is 0 Å². The Bertz CT molecular complexity index is 2070. The van der Waals surface area contributed by atoms with E-state index < -0.39 is 12.0 Å². The summed E-state index contributed by atoms with van der Waals surface area (Å²) in [6.45, 7) is 8.65. The molecule has 0 N–H and O–H groups in total. The molecule has 0 saturated carbocycles. The molecule has 5 aromatic rings. The number of carbonyl (C=O) groups is 1. The van der Waals surface area contributed by atoms with E-state index in [-0.39, 0.29) is 12.2 Å². The fraction of sp³-hybridized carbons (Fsp3) is 0.171. The van der Waals surface area contributed by atoms with E-state index in [9.17, 15) is 9.59 Å². The monoisotopic (exact) mass is 605 g/mol. The number of carbonyl (C=O) groups excluding carboxylic acids is 1. The largest absolute Gasteiger partial charge is 0.463 e. The van der Waals surface area contributed by atoms with Crippen LogP contribution in [0.2, 0.25) is 0 Å². The van der Waals surface area contributed by atoms with Gasteiger partial charge >= 0.3 is 5.97 Å². The van der Waals surface area contributed by atoms with Crippen molar-refractivity contribution in [2.24, 2.45) is 4.99 Å². The van der Waals surface area contributed by atoms with Gasteiger partial charge in [-0.25, -0.2) is 9.79 Å². The van der Waals surface area contributed by atoms with Crippen LogP contribution in [0.15, 0.2) is 112 Å². The number of hydrogen-bond acceptors (Lipinski definition) is 6. The summed E-state index contributed by atoms with van der Waals surface area (Å²) in [4.78, 5) is 34.6. The fourth-order valence-electron chi connectivity index (χ4n) is 5.68. The molecule has 0 saturated heterocycles. The number of para-hydroxylation sites is 1. The average molecular weight is 606 g/mol. The first-order chi connectivity index (χ1) is 21.0. The van der Waals surface area contributed by atoms with Gasteiger partial charge in [-0.2, -0.15) is 0 Å². The van der Waals surface area contributed by atoms with Crippen LogP contribution in [-0.2, 0) is 16.1 Å². The number of fused-ring (bicyclic) bond motifs is 2. The first-order valence-corrected chi connectivity index (χ1v) is 16.1. The molecule has 1 aliphatic heterocycles. The van der Waals surface area contributed by atoms with Gasteiger partial charge in [0.1, 0.15) is 0 Å². The number of ether oxygens (including phenoxy) is 1. The molecule has 2 aromatic heterocycles. The number of esters is 1. The van der Waals surface area contributed by atoms with Crippen molar-refractivity contribution in [1.82, 2.24) is 9.13 Å². The molecule has 1 aliphatic rings. The molecule has 6 nitrogen and oxygen atoms in total. The fourth-order valence-corrected chi connectivity index (χ4v) is 7.07. The van der Waals surface area contributed by atoms with E-state index in [0.29, 0.717) is 27.1 Å². The minimum atomic E-state index is -0.702. The summed E-state index contributed by atoms with van der Waals surface area (Å²) in [6, 6.07) is 25.1. The highest BCUT2D eigenvalue weighted by molar-refractivity contribution is 7.98. The molecule has 8 heteroatoms. The number of benzene rings is 3. The second-order valence-corrected chi connectivity index (χ2v) is 12.0. The molecule has 0 fully saturated rings. The molecule has 0 bridgehead atoms. The molecular weight excluding hydrogens is 575 g/mol. The third-order valence-corrected chi connectivity index (χ3v) is 9.40. The van der Waals surface area contributed by atoms with Gasteiger partial charge in [-0.05, 0) is 49.9 Å². The van der Waals surface area contributed by atoms with Crippen LogP contribution in [0.25, 0.3) is 22.7 Å². The van der Waals surface area contributed by atoms with E-state index >= 15 is 0 Å². The number of thiazole rings is 1. The van der Waals surface area contributed by atoms with Gasteiger partial charge in [-0.1, -0.05) is 78.1 Å². The lowest BCUT2D eigenvalue weighted by Gasteiger charge is -2.26. The van der Waals surface area contributed by atoms with Crippen molar-refractivity contribution in [3.05, 3.63) is 139 Å². The summed E-state index contributed by atoms with van der Waals surface area (Å²) >= 11 is 2.97. The molecule has 1 unspecified atom stereocenters. The maximum absolute atomic E-state index is 14.4. The zero-order valence-electron chi connectivity index (χ0n) is 24.2. The lowest BCUT2D eigenvalue weighted by Crippen LogP contribution is -2.40. The van der Waals surface area contributed by atoms with Gasteiger partial charge in [0.15, 0.2) is 4.80 Å². The Hall–Kier alpha value is -4.40. The summed E-state index contributed by atoms with van der Waals surface area (Å²) < 4.78 is 9.99. The molecule has 3 heterocycles. The van der Waals surface area contributed by atoms with Gasteiger partial charge in [0.05, 0.1) is 28.5 Å². The molecule has 43 heavy (non-hydrogen) atoms. The molecule has 1 atom stereocenters. The number of hydrogen-bond donors (Lipinski definition) is 0. The summed E-state index contributed by atoms with van der Waals surface area (Å²) in [6.07, 6.45) is 5.86. The Labute approximate surface area is 258 Å². The maximum atomic E-state index is 14.4. The quantitative estimate of drug-likeness (QED) is 0.122. The van der Waals surface area contributed by atoms with Crippen molar-refractivity contribution in [3.63, 3.8) is 0 Å². The van der Waals surface area contributed by atoms with Crippen molar-refractivity contribution in [2.45, 2.75) is 31.3 Å². The predicted molar refractivity (Wildman–Crippen MR) is 176 cm³/mol. The number of thioether (sulfide) groups is 1. The van der Waals surface area contributed by atoms with Gasteiger partial charge in [-0.3, -0.25) is 9.36 Å². The highest BCUT2D eigenvalue weighted by Gasteiger charge is 2.35. The number of nitrogens with zero attached hydrogens (tertiary/aromatic N) is 3. The normalized spacial score (nSPS) is 15.0. The van der Waals surface area contributed by atoms with Gasteiger partial charge in [0.25, 0.3) is 5.56 Å². The van der Waals surface area contributed by atoms with Crippen LogP contribution in [-0.4, -0.2) is 28.0 Å². The Kier molecular flexibility index (Phi) is 8.06. The van der Waals surface area contributed by atoms with Crippen LogP contribution in [0, 0.1) is 6.92 Å². The average Bonchev–Trinajstić information content (AvgIpc) is 3.49. The first-order valence-electron chi connectivity index (χ1n) is 14.1. The van der Waals surface area contributed by atoms with Crippen LogP contribution in [0.4, 0.5) is 0 Å². The molecular formula is C35H31N3O3S2. The van der Waals surface area contributed by atoms with Crippen molar-refractivity contribution < 1.29 is 9.53 Å². The third kappa shape index (κ3) is 5.11. The van der Waals surface area contributed by atoms with Gasteiger partial charge < -0.3 is 9.30 Å².